The van der Waals surface area contributed by atoms with Crippen molar-refractivity contribution in [3.05, 3.63) is 18.2 Å². The number of nitrogens with one attached hydrogen (secondary N) is 1. The molecule has 0 saturated carbocycles. The van der Waals surface area contributed by atoms with Gasteiger partial charge in [0.25, 0.3) is 0 Å². The maximum atomic E-state index is 11.6. The molecule has 3 N–H and O–H groups in total. The van der Waals surface area contributed by atoms with E-state index in [1.165, 1.54) is 0 Å². The molecule has 5 nitrogen and oxygen atoms in total. The number of nitrogens with two attached hydrogens (primary N) is 1. The first-order valence-electron chi connectivity index (χ1n) is 5.48. The summed E-state index contributed by atoms with van der Waals surface area (Å²) in [5, 5.41) is 2.72. The molecule has 0 saturated heterocycles. The number of nitrogen functional groups attached to an aromatic ring is 1. The standard InChI is InChI=1S/C12H18N2O3/c1-3-17-7-6-12(15)14-11-8-9(16-2)4-5-10(11)13/h4-5,8H,3,6-7,13H2,1-2H3,(H,14,15). The van der Waals surface area contributed by atoms with Crippen molar-refractivity contribution in [1.82, 2.24) is 0 Å². The van der Waals surface area contributed by atoms with Crippen LogP contribution in [0.25, 0.3) is 0 Å². The first-order valence-corrected chi connectivity index (χ1v) is 5.48. The molecule has 0 aliphatic heterocycles. The molecule has 0 heterocycles. The van der Waals surface area contributed by atoms with Crippen molar-refractivity contribution >= 4 is 17.3 Å². The number of benzene rings is 1. The van der Waals surface area contributed by atoms with Crippen LogP contribution >= 0.6 is 0 Å². The number of methoxy groups -OCH3 is 1. The van der Waals surface area contributed by atoms with E-state index in [1.807, 2.05) is 6.92 Å². The van der Waals surface area contributed by atoms with Crippen LogP contribution in [0.3, 0.4) is 0 Å². The Hall–Kier alpha value is -1.75. The predicted molar refractivity (Wildman–Crippen MR) is 67.1 cm³/mol. The lowest BCUT2D eigenvalue weighted by Gasteiger charge is -2.09. The van der Waals surface area contributed by atoms with Crippen molar-refractivity contribution in [1.29, 1.82) is 0 Å². The quantitative estimate of drug-likeness (QED) is 0.583. The van der Waals surface area contributed by atoms with Gasteiger partial charge in [-0.1, -0.05) is 0 Å². The number of amides is 1. The zero-order valence-electron chi connectivity index (χ0n) is 10.2. The number of ether oxygens (including phenoxy) is 2. The minimum Gasteiger partial charge on any atom is -0.497 e. The van der Waals surface area contributed by atoms with Crippen molar-refractivity contribution in [2.75, 3.05) is 31.4 Å². The maximum absolute atomic E-state index is 11.6. The fraction of sp³-hybridized carbons (Fsp3) is 0.417. The van der Waals surface area contributed by atoms with Crippen LogP contribution in [0.1, 0.15) is 13.3 Å². The van der Waals surface area contributed by atoms with Crippen LogP contribution in [-0.4, -0.2) is 26.2 Å². The maximum Gasteiger partial charge on any atom is 0.226 e. The molecular formula is C12H18N2O3. The van der Waals surface area contributed by atoms with Crippen LogP contribution in [0.15, 0.2) is 18.2 Å². The molecule has 1 aromatic carbocycles. The van der Waals surface area contributed by atoms with Crippen molar-refractivity contribution < 1.29 is 14.3 Å². The summed E-state index contributed by atoms with van der Waals surface area (Å²) in [6.07, 6.45) is 0.310. The third-order valence-electron chi connectivity index (χ3n) is 2.21. The Balaban J connectivity index is 2.57. The summed E-state index contributed by atoms with van der Waals surface area (Å²) in [7, 11) is 1.56. The fourth-order valence-corrected chi connectivity index (χ4v) is 1.29. The first kappa shape index (κ1) is 13.3. The van der Waals surface area contributed by atoms with E-state index in [9.17, 15) is 4.79 Å². The minimum absolute atomic E-state index is 0.126. The predicted octanol–water partition coefficient (Wildman–Crippen LogP) is 1.64. The molecule has 0 aromatic heterocycles. The van der Waals surface area contributed by atoms with Gasteiger partial charge in [-0.25, -0.2) is 0 Å². The highest BCUT2D eigenvalue weighted by atomic mass is 16.5. The van der Waals surface area contributed by atoms with E-state index in [2.05, 4.69) is 5.32 Å². The molecule has 0 aliphatic rings. The van der Waals surface area contributed by atoms with Crippen LogP contribution in [0.5, 0.6) is 5.75 Å². The molecule has 0 aliphatic carbocycles. The normalized spacial score (nSPS) is 10.0. The van der Waals surface area contributed by atoms with Crippen LogP contribution in [-0.2, 0) is 9.53 Å². The summed E-state index contributed by atoms with van der Waals surface area (Å²) >= 11 is 0. The van der Waals surface area contributed by atoms with E-state index in [-0.39, 0.29) is 5.91 Å². The Morgan fingerprint density at radius 2 is 2.24 bits per heavy atom. The van der Waals surface area contributed by atoms with Crippen LogP contribution in [0.2, 0.25) is 0 Å². The molecule has 0 radical (unpaired) electrons. The van der Waals surface area contributed by atoms with Gasteiger partial charge >= 0.3 is 0 Å². The summed E-state index contributed by atoms with van der Waals surface area (Å²) in [5.41, 5.74) is 6.82. The lowest BCUT2D eigenvalue weighted by atomic mass is 10.2. The van der Waals surface area contributed by atoms with Crippen molar-refractivity contribution in [3.63, 3.8) is 0 Å². The van der Waals surface area contributed by atoms with Gasteiger partial charge in [-0.05, 0) is 19.1 Å². The van der Waals surface area contributed by atoms with E-state index in [0.29, 0.717) is 36.8 Å². The summed E-state index contributed by atoms with van der Waals surface area (Å²) in [6, 6.07) is 5.12. The van der Waals surface area contributed by atoms with Gasteiger partial charge in [-0.15, -0.1) is 0 Å². The van der Waals surface area contributed by atoms with Gasteiger partial charge in [-0.2, -0.15) is 0 Å². The zero-order valence-corrected chi connectivity index (χ0v) is 10.2. The van der Waals surface area contributed by atoms with Gasteiger partial charge in [0.2, 0.25) is 5.91 Å². The monoisotopic (exact) mass is 238 g/mol. The molecule has 0 fully saturated rings. The van der Waals surface area contributed by atoms with Crippen LogP contribution in [0.4, 0.5) is 11.4 Å². The molecule has 0 bridgehead atoms. The number of carbonyl (C=O) groups excluding carboxylic acids is 1. The van der Waals surface area contributed by atoms with Gasteiger partial charge in [0.15, 0.2) is 0 Å². The zero-order chi connectivity index (χ0) is 12.7. The van der Waals surface area contributed by atoms with E-state index in [0.717, 1.165) is 0 Å². The van der Waals surface area contributed by atoms with Gasteiger partial charge in [-0.3, -0.25) is 4.79 Å². The Morgan fingerprint density at radius 1 is 1.47 bits per heavy atom. The molecule has 17 heavy (non-hydrogen) atoms. The summed E-state index contributed by atoms with van der Waals surface area (Å²) in [5.74, 6) is 0.526. The highest BCUT2D eigenvalue weighted by Crippen LogP contribution is 2.24. The Bertz CT molecular complexity index is 380. The number of hydrogen-bond donors (Lipinski definition) is 2. The topological polar surface area (TPSA) is 73.6 Å². The van der Waals surface area contributed by atoms with E-state index >= 15 is 0 Å². The molecule has 5 heteroatoms. The van der Waals surface area contributed by atoms with E-state index in [1.54, 1.807) is 25.3 Å². The Morgan fingerprint density at radius 3 is 2.88 bits per heavy atom. The number of carbonyl (C=O) groups is 1. The highest BCUT2D eigenvalue weighted by Gasteiger charge is 2.06. The lowest BCUT2D eigenvalue weighted by molar-refractivity contribution is -0.117. The van der Waals surface area contributed by atoms with Gasteiger partial charge in [0.05, 0.1) is 31.5 Å². The summed E-state index contributed by atoms with van der Waals surface area (Å²) in [4.78, 5) is 11.6. The van der Waals surface area contributed by atoms with Crippen molar-refractivity contribution in [2.24, 2.45) is 0 Å². The Kier molecular flexibility index (Phi) is 5.29. The second-order valence-electron chi connectivity index (χ2n) is 3.45. The average Bonchev–Trinajstić information content (AvgIpc) is 2.32. The number of rotatable bonds is 6. The number of hydrogen-bond acceptors (Lipinski definition) is 4. The molecular weight excluding hydrogens is 220 g/mol. The second kappa shape index (κ2) is 6.75. The summed E-state index contributed by atoms with van der Waals surface area (Å²) < 4.78 is 10.2. The lowest BCUT2D eigenvalue weighted by Crippen LogP contribution is -2.15. The van der Waals surface area contributed by atoms with E-state index < -0.39 is 0 Å². The van der Waals surface area contributed by atoms with Gasteiger partial charge in [0.1, 0.15) is 5.75 Å². The van der Waals surface area contributed by atoms with Gasteiger partial charge < -0.3 is 20.5 Å². The van der Waals surface area contributed by atoms with Crippen molar-refractivity contribution in [3.8, 4) is 5.75 Å². The highest BCUT2D eigenvalue weighted by molar-refractivity contribution is 5.94. The molecule has 1 amide bonds. The SMILES string of the molecule is CCOCCC(=O)Nc1cc(OC)ccc1N. The minimum atomic E-state index is -0.126. The van der Waals surface area contributed by atoms with Crippen molar-refractivity contribution in [2.45, 2.75) is 13.3 Å². The third-order valence-corrected chi connectivity index (χ3v) is 2.21. The van der Waals surface area contributed by atoms with Gasteiger partial charge in [0, 0.05) is 12.7 Å². The second-order valence-corrected chi connectivity index (χ2v) is 3.45. The Labute approximate surface area is 101 Å². The van der Waals surface area contributed by atoms with E-state index in [4.69, 9.17) is 15.2 Å². The molecule has 0 unspecified atom stereocenters. The first-order chi connectivity index (χ1) is 8.17. The number of anilines is 2. The largest absolute Gasteiger partial charge is 0.497 e. The van der Waals surface area contributed by atoms with Crippen LogP contribution in [0, 0.1) is 0 Å². The third kappa shape index (κ3) is 4.32. The molecule has 1 rings (SSSR count). The summed E-state index contributed by atoms with van der Waals surface area (Å²) in [6.45, 7) is 2.90. The average molecular weight is 238 g/mol. The fourth-order valence-electron chi connectivity index (χ4n) is 1.29. The smallest absolute Gasteiger partial charge is 0.226 e. The molecule has 94 valence electrons. The van der Waals surface area contributed by atoms with Crippen LogP contribution < -0.4 is 15.8 Å². The molecule has 1 aromatic rings. The molecule has 0 spiro atoms. The molecule has 0 atom stereocenters.